The molecule has 0 unspecified atom stereocenters. The summed E-state index contributed by atoms with van der Waals surface area (Å²) in [7, 11) is 0. The molecule has 2 saturated heterocycles. The second-order valence-electron chi connectivity index (χ2n) is 5.98. The third kappa shape index (κ3) is 3.55. The summed E-state index contributed by atoms with van der Waals surface area (Å²) in [5, 5.41) is 3.48. The highest BCUT2D eigenvalue weighted by atomic mass is 32.2. The molecule has 19 heavy (non-hydrogen) atoms. The number of rotatable bonds is 3. The van der Waals surface area contributed by atoms with E-state index in [-0.39, 0.29) is 0 Å². The molecule has 0 bridgehead atoms. The number of nitrogens with one attached hydrogen (secondary N) is 1. The summed E-state index contributed by atoms with van der Waals surface area (Å²) >= 11 is 2.13. The zero-order valence-electron chi connectivity index (χ0n) is 11.7. The van der Waals surface area contributed by atoms with Crippen molar-refractivity contribution in [2.24, 2.45) is 5.92 Å². The van der Waals surface area contributed by atoms with Gasteiger partial charge in [-0.3, -0.25) is 0 Å². The van der Waals surface area contributed by atoms with Crippen molar-refractivity contribution in [3.05, 3.63) is 35.4 Å². The van der Waals surface area contributed by atoms with Gasteiger partial charge in [-0.1, -0.05) is 24.3 Å². The van der Waals surface area contributed by atoms with E-state index in [9.17, 15) is 0 Å². The Kier molecular flexibility index (Phi) is 4.84. The summed E-state index contributed by atoms with van der Waals surface area (Å²) < 4.78 is 0. The van der Waals surface area contributed by atoms with E-state index in [0.29, 0.717) is 0 Å². The molecule has 1 N–H and O–H groups in total. The second kappa shape index (κ2) is 6.81. The van der Waals surface area contributed by atoms with E-state index in [4.69, 9.17) is 0 Å². The fourth-order valence-electron chi connectivity index (χ4n) is 3.52. The molecule has 3 rings (SSSR count). The van der Waals surface area contributed by atoms with Gasteiger partial charge in [0.2, 0.25) is 0 Å². The maximum atomic E-state index is 3.48. The molecule has 104 valence electrons. The first-order valence-electron chi connectivity index (χ1n) is 7.80. The van der Waals surface area contributed by atoms with E-state index in [1.807, 2.05) is 0 Å². The van der Waals surface area contributed by atoms with Crippen LogP contribution in [0.5, 0.6) is 0 Å². The molecule has 1 aromatic carbocycles. The molecule has 0 amide bonds. The van der Waals surface area contributed by atoms with Crippen molar-refractivity contribution < 1.29 is 0 Å². The minimum Gasteiger partial charge on any atom is -0.317 e. The third-order valence-corrected chi connectivity index (χ3v) is 5.73. The number of thioether (sulfide) groups is 1. The van der Waals surface area contributed by atoms with Crippen molar-refractivity contribution in [3.8, 4) is 0 Å². The van der Waals surface area contributed by atoms with Crippen molar-refractivity contribution in [1.82, 2.24) is 5.32 Å². The molecule has 2 aliphatic rings. The Bertz CT molecular complexity index is 392. The highest BCUT2D eigenvalue weighted by Gasteiger charge is 2.20. The van der Waals surface area contributed by atoms with Gasteiger partial charge in [-0.05, 0) is 79.7 Å². The van der Waals surface area contributed by atoms with Crippen molar-refractivity contribution in [2.75, 3.05) is 24.6 Å². The SMILES string of the molecule is c1ccc(C2CCSCC2)c(CC2CCNCC2)c1. The summed E-state index contributed by atoms with van der Waals surface area (Å²) in [6.07, 6.45) is 6.78. The molecule has 2 aliphatic heterocycles. The summed E-state index contributed by atoms with van der Waals surface area (Å²) in [5.74, 6) is 4.44. The van der Waals surface area contributed by atoms with Crippen LogP contribution in [0.4, 0.5) is 0 Å². The number of hydrogen-bond acceptors (Lipinski definition) is 2. The number of benzene rings is 1. The highest BCUT2D eigenvalue weighted by Crippen LogP contribution is 2.34. The number of piperidine rings is 1. The molecule has 0 aromatic heterocycles. The molecule has 0 saturated carbocycles. The lowest BCUT2D eigenvalue weighted by Crippen LogP contribution is -2.29. The first-order chi connectivity index (χ1) is 9.43. The quantitative estimate of drug-likeness (QED) is 0.899. The summed E-state index contributed by atoms with van der Waals surface area (Å²) in [6.45, 7) is 2.43. The summed E-state index contributed by atoms with van der Waals surface area (Å²) in [6, 6.07) is 9.26. The van der Waals surface area contributed by atoms with Gasteiger partial charge >= 0.3 is 0 Å². The first-order valence-corrected chi connectivity index (χ1v) is 8.95. The molecule has 0 atom stereocenters. The zero-order chi connectivity index (χ0) is 12.9. The minimum absolute atomic E-state index is 0.833. The zero-order valence-corrected chi connectivity index (χ0v) is 12.6. The smallest absolute Gasteiger partial charge is 0.00462 e. The Morgan fingerprint density at radius 1 is 1.00 bits per heavy atom. The summed E-state index contributed by atoms with van der Waals surface area (Å²) in [5.41, 5.74) is 3.31. The third-order valence-electron chi connectivity index (χ3n) is 4.68. The van der Waals surface area contributed by atoms with E-state index in [2.05, 4.69) is 41.3 Å². The van der Waals surface area contributed by atoms with Crippen LogP contribution in [0, 0.1) is 5.92 Å². The largest absolute Gasteiger partial charge is 0.317 e. The van der Waals surface area contributed by atoms with E-state index in [0.717, 1.165) is 11.8 Å². The topological polar surface area (TPSA) is 12.0 Å². The van der Waals surface area contributed by atoms with Crippen LogP contribution in [0.2, 0.25) is 0 Å². The van der Waals surface area contributed by atoms with Crippen LogP contribution in [0.3, 0.4) is 0 Å². The van der Waals surface area contributed by atoms with Crippen molar-refractivity contribution in [1.29, 1.82) is 0 Å². The van der Waals surface area contributed by atoms with Gasteiger partial charge in [-0.25, -0.2) is 0 Å². The molecule has 2 heterocycles. The maximum absolute atomic E-state index is 3.48. The van der Waals surface area contributed by atoms with Crippen LogP contribution < -0.4 is 5.32 Å². The van der Waals surface area contributed by atoms with Crippen LogP contribution in [-0.2, 0) is 6.42 Å². The van der Waals surface area contributed by atoms with Gasteiger partial charge in [-0.2, -0.15) is 11.8 Å². The van der Waals surface area contributed by atoms with Gasteiger partial charge in [0.1, 0.15) is 0 Å². The lowest BCUT2D eigenvalue weighted by atomic mass is 9.84. The second-order valence-corrected chi connectivity index (χ2v) is 7.21. The fraction of sp³-hybridized carbons (Fsp3) is 0.647. The standard InChI is InChI=1S/C17H25NS/c1-2-4-17(15-7-11-19-12-8-15)16(3-1)13-14-5-9-18-10-6-14/h1-4,14-15,18H,5-13H2. The van der Waals surface area contributed by atoms with Crippen molar-refractivity contribution in [2.45, 2.75) is 38.0 Å². The predicted molar refractivity (Wildman–Crippen MR) is 85.0 cm³/mol. The average Bonchev–Trinajstić information content (AvgIpc) is 2.50. The predicted octanol–water partition coefficient (Wildman–Crippen LogP) is 3.84. The Morgan fingerprint density at radius 3 is 2.53 bits per heavy atom. The lowest BCUT2D eigenvalue weighted by Gasteiger charge is -2.27. The Hall–Kier alpha value is -0.470. The fourth-order valence-corrected chi connectivity index (χ4v) is 4.63. The van der Waals surface area contributed by atoms with Gasteiger partial charge in [-0.15, -0.1) is 0 Å². The van der Waals surface area contributed by atoms with Gasteiger partial charge in [0, 0.05) is 0 Å². The summed E-state index contributed by atoms with van der Waals surface area (Å²) in [4.78, 5) is 0. The first kappa shape index (κ1) is 13.5. The van der Waals surface area contributed by atoms with Crippen LogP contribution in [0.25, 0.3) is 0 Å². The average molecular weight is 275 g/mol. The molecule has 2 heteroatoms. The van der Waals surface area contributed by atoms with E-state index < -0.39 is 0 Å². The van der Waals surface area contributed by atoms with E-state index >= 15 is 0 Å². The minimum atomic E-state index is 0.833. The van der Waals surface area contributed by atoms with E-state index in [1.54, 1.807) is 11.1 Å². The van der Waals surface area contributed by atoms with Crippen molar-refractivity contribution >= 4 is 11.8 Å². The molecule has 1 nitrogen and oxygen atoms in total. The highest BCUT2D eigenvalue weighted by molar-refractivity contribution is 7.99. The van der Waals surface area contributed by atoms with Gasteiger partial charge < -0.3 is 5.32 Å². The Morgan fingerprint density at radius 2 is 1.74 bits per heavy atom. The lowest BCUT2D eigenvalue weighted by molar-refractivity contribution is 0.371. The van der Waals surface area contributed by atoms with Crippen LogP contribution in [0.15, 0.2) is 24.3 Å². The molecule has 0 radical (unpaired) electrons. The Balaban J connectivity index is 1.72. The number of hydrogen-bond donors (Lipinski definition) is 1. The molecular formula is C17H25NS. The molecule has 1 aromatic rings. The van der Waals surface area contributed by atoms with Gasteiger partial charge in [0.15, 0.2) is 0 Å². The van der Waals surface area contributed by atoms with Gasteiger partial charge in [0.05, 0.1) is 0 Å². The monoisotopic (exact) mass is 275 g/mol. The van der Waals surface area contributed by atoms with Gasteiger partial charge in [0.25, 0.3) is 0 Å². The molecule has 0 spiro atoms. The molecule has 2 fully saturated rings. The van der Waals surface area contributed by atoms with Crippen LogP contribution in [-0.4, -0.2) is 24.6 Å². The Labute approximate surface area is 121 Å². The maximum Gasteiger partial charge on any atom is -0.00462 e. The normalized spacial score (nSPS) is 22.5. The van der Waals surface area contributed by atoms with E-state index in [1.165, 1.54) is 56.7 Å². The van der Waals surface area contributed by atoms with Crippen molar-refractivity contribution in [3.63, 3.8) is 0 Å². The molecular weight excluding hydrogens is 250 g/mol. The van der Waals surface area contributed by atoms with Crippen LogP contribution >= 0.6 is 11.8 Å². The molecule has 0 aliphatic carbocycles. The van der Waals surface area contributed by atoms with Crippen LogP contribution in [0.1, 0.15) is 42.7 Å².